The Morgan fingerprint density at radius 3 is 2.50 bits per heavy atom. The van der Waals surface area contributed by atoms with Gasteiger partial charge in [0, 0.05) is 17.6 Å². The lowest BCUT2D eigenvalue weighted by Gasteiger charge is -2.32. The molecule has 0 radical (unpaired) electrons. The number of nitrogens with one attached hydrogen (secondary N) is 1. The third-order valence-corrected chi connectivity index (χ3v) is 5.07. The number of hydrogen-bond acceptors (Lipinski definition) is 13. The largest absolute Gasteiger partial charge is 0.394 e. The summed E-state index contributed by atoms with van der Waals surface area (Å²) in [7, 11) is 1.17. The fraction of sp³-hybridized carbons (Fsp3) is 0.333. The van der Waals surface area contributed by atoms with E-state index in [1.54, 1.807) is 0 Å². The highest BCUT2D eigenvalue weighted by molar-refractivity contribution is 7.22. The fourth-order valence-corrected chi connectivity index (χ4v) is 3.29. The van der Waals surface area contributed by atoms with Crippen molar-refractivity contribution in [1.82, 2.24) is 25.7 Å². The van der Waals surface area contributed by atoms with Gasteiger partial charge in [0.05, 0.1) is 23.4 Å². The maximum atomic E-state index is 12.9. The van der Waals surface area contributed by atoms with Crippen LogP contribution < -0.4 is 27.0 Å². The average molecular weight is 512 g/mol. The summed E-state index contributed by atoms with van der Waals surface area (Å²) in [5.41, 5.74) is 5.50. The fourth-order valence-electron chi connectivity index (χ4n) is 2.32. The van der Waals surface area contributed by atoms with Crippen molar-refractivity contribution in [3.05, 3.63) is 18.2 Å². The Bertz CT molecular complexity index is 1010. The van der Waals surface area contributed by atoms with Gasteiger partial charge >= 0.3 is 0 Å². The molecular weight excluding hydrogens is 493 g/mol. The Balaban J connectivity index is 2.17. The van der Waals surface area contributed by atoms with Crippen LogP contribution >= 0.6 is 11.3 Å². The van der Waals surface area contributed by atoms with E-state index >= 15 is 0 Å². The number of halogens is 3. The zero-order chi connectivity index (χ0) is 25.4. The number of benzene rings is 1. The van der Waals surface area contributed by atoms with E-state index in [1.807, 2.05) is 0 Å². The highest BCUT2D eigenvalue weighted by Gasteiger charge is 2.33. The minimum Gasteiger partial charge on any atom is -0.394 e. The van der Waals surface area contributed by atoms with Gasteiger partial charge in [-0.2, -0.15) is 5.12 Å². The third-order valence-electron chi connectivity index (χ3n) is 4.09. The lowest BCUT2D eigenvalue weighted by Crippen LogP contribution is -2.60. The molecule has 1 atom stereocenters. The van der Waals surface area contributed by atoms with Crippen molar-refractivity contribution in [2.75, 3.05) is 31.9 Å². The van der Waals surface area contributed by atoms with E-state index < -0.39 is 48.8 Å². The molecule has 0 spiro atoms. The zero-order valence-electron chi connectivity index (χ0n) is 17.3. The van der Waals surface area contributed by atoms with Crippen molar-refractivity contribution in [3.8, 4) is 5.75 Å². The Morgan fingerprint density at radius 2 is 1.91 bits per heavy atom. The molecule has 0 fully saturated rings. The number of hydrogen-bond donors (Lipinski definition) is 4. The third kappa shape index (κ3) is 6.38. The molecule has 15 nitrogen and oxygen atoms in total. The van der Waals surface area contributed by atoms with Gasteiger partial charge in [0.1, 0.15) is 17.9 Å². The van der Waals surface area contributed by atoms with Gasteiger partial charge in [0.2, 0.25) is 16.9 Å². The average Bonchev–Trinajstić information content (AvgIpc) is 3.26. The van der Waals surface area contributed by atoms with Gasteiger partial charge in [0.15, 0.2) is 5.75 Å². The van der Waals surface area contributed by atoms with Gasteiger partial charge < -0.3 is 21.1 Å². The summed E-state index contributed by atoms with van der Waals surface area (Å²) < 4.78 is 38.4. The molecule has 0 aliphatic rings. The van der Waals surface area contributed by atoms with Crippen molar-refractivity contribution in [2.45, 2.75) is 6.04 Å². The van der Waals surface area contributed by atoms with Gasteiger partial charge in [-0.25, -0.2) is 10.8 Å². The lowest BCUT2D eigenvalue weighted by atomic mass is 10.3. The van der Waals surface area contributed by atoms with Gasteiger partial charge in [-0.1, -0.05) is 11.3 Å². The predicted molar refractivity (Wildman–Crippen MR) is 107 cm³/mol. The van der Waals surface area contributed by atoms with Crippen molar-refractivity contribution in [3.63, 3.8) is 0 Å². The second kappa shape index (κ2) is 12.2. The van der Waals surface area contributed by atoms with Crippen LogP contribution in [0.1, 0.15) is 0 Å². The number of aliphatic hydroxyl groups excluding tert-OH is 1. The number of fused-ring (bicyclic) bond motifs is 1. The van der Waals surface area contributed by atoms with Gasteiger partial charge in [-0.15, -0.1) is 5.12 Å². The molecule has 0 saturated heterocycles. The van der Waals surface area contributed by atoms with E-state index in [4.69, 9.17) is 16.7 Å². The van der Waals surface area contributed by atoms with Crippen LogP contribution in [-0.4, -0.2) is 76.0 Å². The molecular formula is C15H19F3N8O7S. The molecule has 2 rings (SSSR count). The van der Waals surface area contributed by atoms with Gasteiger partial charge in [-0.05, 0) is 31.3 Å². The molecule has 0 saturated carbocycles. The maximum Gasteiger partial charge on any atom is 0.276 e. The van der Waals surface area contributed by atoms with E-state index in [-0.39, 0.29) is 31.3 Å². The Labute approximate surface area is 192 Å². The number of carbonyl (C=O) groups is 3. The quantitative estimate of drug-likeness (QED) is 0.150. The summed E-state index contributed by atoms with van der Waals surface area (Å²) in [6.45, 7) is -1.97. The number of aliphatic hydroxyl groups is 1. The van der Waals surface area contributed by atoms with Crippen molar-refractivity contribution in [1.29, 1.82) is 0 Å². The molecule has 0 unspecified atom stereocenters. The van der Waals surface area contributed by atoms with Crippen LogP contribution in [-0.2, 0) is 24.5 Å². The Kier molecular flexibility index (Phi) is 9.68. The van der Waals surface area contributed by atoms with Gasteiger partial charge in [0.25, 0.3) is 5.91 Å². The second-order valence-electron chi connectivity index (χ2n) is 6.36. The standard InChI is InChI=1S/C15H19F3N8O7S/c1-23(12(28)5-21-14(30)9(19)7-27)6-13(29)24(20)25(26(32-17)33-18)15-22-10-3-2-8(31-16)4-11(10)34-15/h2-4,9,27H,5-7,19-20H2,1H3,(H,21,30)/t9-/m0/s1. The second-order valence-corrected chi connectivity index (χ2v) is 7.37. The van der Waals surface area contributed by atoms with E-state index in [0.717, 1.165) is 4.90 Å². The molecule has 3 amide bonds. The van der Waals surface area contributed by atoms with Crippen molar-refractivity contribution < 1.29 is 48.1 Å². The smallest absolute Gasteiger partial charge is 0.276 e. The summed E-state index contributed by atoms with van der Waals surface area (Å²) in [4.78, 5) is 44.6. The first-order valence-electron chi connectivity index (χ1n) is 8.99. The molecule has 2 aromatic rings. The molecule has 19 heteroatoms. The molecule has 6 N–H and O–H groups in total. The van der Waals surface area contributed by atoms with E-state index in [2.05, 4.69) is 25.3 Å². The van der Waals surface area contributed by atoms with Crippen LogP contribution in [0.25, 0.3) is 10.2 Å². The molecule has 0 bridgehead atoms. The van der Waals surface area contributed by atoms with E-state index in [0.29, 0.717) is 11.3 Å². The SMILES string of the molecule is CN(CC(=O)N(N)N(c1nc2ccc(OF)cc2s1)N(OF)OF)C(=O)CNC(=O)[C@@H](N)CO. The van der Waals surface area contributed by atoms with Crippen LogP contribution in [0.2, 0.25) is 0 Å². The highest BCUT2D eigenvalue weighted by atomic mass is 32.1. The molecule has 1 aromatic heterocycles. The number of hydrazine groups is 3. The van der Waals surface area contributed by atoms with Crippen LogP contribution in [0.3, 0.4) is 0 Å². The van der Waals surface area contributed by atoms with Crippen LogP contribution in [0.15, 0.2) is 18.2 Å². The number of rotatable bonds is 12. The number of carbonyl (C=O) groups excluding carboxylic acids is 3. The normalized spacial score (nSPS) is 11.9. The number of anilines is 1. The Morgan fingerprint density at radius 1 is 1.24 bits per heavy atom. The predicted octanol–water partition coefficient (Wildman–Crippen LogP) is -1.27. The number of aromatic nitrogens is 1. The zero-order valence-corrected chi connectivity index (χ0v) is 18.1. The summed E-state index contributed by atoms with van der Waals surface area (Å²) in [6, 6.07) is 2.48. The molecule has 0 aliphatic carbocycles. The monoisotopic (exact) mass is 512 g/mol. The first kappa shape index (κ1) is 26.9. The maximum absolute atomic E-state index is 12.9. The summed E-state index contributed by atoms with van der Waals surface area (Å²) in [5, 5.41) is 16.7. The number of likely N-dealkylation sites (N-methyl/N-ethyl adjacent to an activating group) is 1. The van der Waals surface area contributed by atoms with Crippen LogP contribution in [0, 0.1) is 0 Å². The first-order chi connectivity index (χ1) is 16.2. The molecule has 1 aromatic carbocycles. The minimum atomic E-state index is -1.25. The molecule has 188 valence electrons. The highest BCUT2D eigenvalue weighted by Crippen LogP contribution is 2.33. The lowest BCUT2D eigenvalue weighted by molar-refractivity contribution is -0.533. The van der Waals surface area contributed by atoms with Crippen molar-refractivity contribution in [2.24, 2.45) is 11.6 Å². The number of nitrogens with zero attached hydrogens (tertiary/aromatic N) is 5. The topological polar surface area (TPSA) is 189 Å². The molecule has 0 aliphatic heterocycles. The number of nitrogens with two attached hydrogens (primary N) is 2. The van der Waals surface area contributed by atoms with Gasteiger partial charge in [-0.3, -0.25) is 19.3 Å². The number of amides is 3. The van der Waals surface area contributed by atoms with Crippen LogP contribution in [0.4, 0.5) is 18.7 Å². The minimum absolute atomic E-state index is 0.119. The van der Waals surface area contributed by atoms with Crippen molar-refractivity contribution >= 4 is 44.4 Å². The molecule has 34 heavy (non-hydrogen) atoms. The van der Waals surface area contributed by atoms with E-state index in [9.17, 15) is 28.0 Å². The first-order valence-corrected chi connectivity index (χ1v) is 9.80. The number of thiazole rings is 1. The summed E-state index contributed by atoms with van der Waals surface area (Å²) in [5.74, 6) is 2.76. The summed E-state index contributed by atoms with van der Waals surface area (Å²) in [6.07, 6.45) is 0. The Hall–Kier alpha value is -3.33. The van der Waals surface area contributed by atoms with Crippen LogP contribution in [0.5, 0.6) is 5.75 Å². The summed E-state index contributed by atoms with van der Waals surface area (Å²) >= 11 is 0.680. The molecule has 1 heterocycles. The van der Waals surface area contributed by atoms with E-state index in [1.165, 1.54) is 25.2 Å².